The molecule has 0 saturated heterocycles. The van der Waals surface area contributed by atoms with Crippen molar-refractivity contribution in [3.05, 3.63) is 65.4 Å². The lowest BCUT2D eigenvalue weighted by atomic mass is 10.1. The predicted octanol–water partition coefficient (Wildman–Crippen LogP) is 3.28. The summed E-state index contributed by atoms with van der Waals surface area (Å²) in [6.07, 6.45) is 0. The minimum atomic E-state index is -0.205. The minimum Gasteiger partial charge on any atom is -0.322 e. The number of anilines is 1. The fraction of sp³-hybridized carbons (Fsp3) is 0.105. The number of fused-ring (bicyclic) bond motifs is 1. The number of amides is 1. The van der Waals surface area contributed by atoms with Crippen molar-refractivity contribution in [3.8, 4) is 11.4 Å². The molecule has 2 heterocycles. The van der Waals surface area contributed by atoms with Crippen LogP contribution in [0.4, 0.5) is 5.69 Å². The molecule has 7 heteroatoms. The van der Waals surface area contributed by atoms with Crippen LogP contribution in [0, 0.1) is 13.8 Å². The SMILES string of the molecule is Cc1ccc2nc(C)c(C(=O)Nc3cccc(-c4nn[nH]n4)c3)cc2c1. The molecule has 2 N–H and O–H groups in total. The van der Waals surface area contributed by atoms with Gasteiger partial charge in [-0.15, -0.1) is 10.2 Å². The summed E-state index contributed by atoms with van der Waals surface area (Å²) in [6.45, 7) is 3.85. The van der Waals surface area contributed by atoms with E-state index in [2.05, 4.69) is 30.9 Å². The van der Waals surface area contributed by atoms with Gasteiger partial charge in [0.05, 0.1) is 16.8 Å². The van der Waals surface area contributed by atoms with Gasteiger partial charge < -0.3 is 5.32 Å². The number of pyridine rings is 1. The second-order valence-electron chi connectivity index (χ2n) is 6.09. The third kappa shape index (κ3) is 3.02. The van der Waals surface area contributed by atoms with Crippen molar-refractivity contribution in [2.45, 2.75) is 13.8 Å². The van der Waals surface area contributed by atoms with Gasteiger partial charge in [0.1, 0.15) is 0 Å². The first-order valence-electron chi connectivity index (χ1n) is 8.13. The molecule has 2 aromatic heterocycles. The molecule has 2 aromatic carbocycles. The Balaban J connectivity index is 1.65. The van der Waals surface area contributed by atoms with Crippen molar-refractivity contribution in [1.82, 2.24) is 25.6 Å². The first kappa shape index (κ1) is 15.9. The number of nitrogens with zero attached hydrogens (tertiary/aromatic N) is 4. The number of aryl methyl sites for hydroxylation is 2. The maximum absolute atomic E-state index is 12.8. The summed E-state index contributed by atoms with van der Waals surface area (Å²) in [5, 5.41) is 17.7. The zero-order chi connectivity index (χ0) is 18.1. The molecule has 4 rings (SSSR count). The van der Waals surface area contributed by atoms with Crippen LogP contribution in [0.3, 0.4) is 0 Å². The van der Waals surface area contributed by atoms with Crippen molar-refractivity contribution in [2.24, 2.45) is 0 Å². The van der Waals surface area contributed by atoms with Crippen LogP contribution >= 0.6 is 0 Å². The van der Waals surface area contributed by atoms with Crippen molar-refractivity contribution in [2.75, 3.05) is 5.32 Å². The first-order chi connectivity index (χ1) is 12.6. The van der Waals surface area contributed by atoms with Gasteiger partial charge in [-0.25, -0.2) is 0 Å². The summed E-state index contributed by atoms with van der Waals surface area (Å²) in [4.78, 5) is 17.3. The quantitative estimate of drug-likeness (QED) is 0.594. The van der Waals surface area contributed by atoms with Crippen LogP contribution in [0.25, 0.3) is 22.3 Å². The van der Waals surface area contributed by atoms with Crippen LogP contribution in [0.2, 0.25) is 0 Å². The zero-order valence-electron chi connectivity index (χ0n) is 14.3. The van der Waals surface area contributed by atoms with E-state index >= 15 is 0 Å². The van der Waals surface area contributed by atoms with Gasteiger partial charge >= 0.3 is 0 Å². The molecule has 0 aliphatic heterocycles. The van der Waals surface area contributed by atoms with Crippen molar-refractivity contribution in [1.29, 1.82) is 0 Å². The van der Waals surface area contributed by atoms with Crippen molar-refractivity contribution >= 4 is 22.5 Å². The van der Waals surface area contributed by atoms with E-state index in [1.165, 1.54) is 0 Å². The molecule has 26 heavy (non-hydrogen) atoms. The van der Waals surface area contributed by atoms with E-state index < -0.39 is 0 Å². The third-order valence-corrected chi connectivity index (χ3v) is 4.13. The van der Waals surface area contributed by atoms with Gasteiger partial charge in [0.2, 0.25) is 5.82 Å². The van der Waals surface area contributed by atoms with E-state index in [1.54, 1.807) is 6.07 Å². The topological polar surface area (TPSA) is 96.5 Å². The Morgan fingerprint density at radius 1 is 1.08 bits per heavy atom. The molecule has 0 aliphatic carbocycles. The summed E-state index contributed by atoms with van der Waals surface area (Å²) >= 11 is 0. The van der Waals surface area contributed by atoms with Gasteiger partial charge in [-0.05, 0) is 49.4 Å². The monoisotopic (exact) mass is 344 g/mol. The Kier molecular flexibility index (Phi) is 3.89. The fourth-order valence-corrected chi connectivity index (χ4v) is 2.84. The number of rotatable bonds is 3. The molecular formula is C19H16N6O. The number of hydrogen-bond acceptors (Lipinski definition) is 5. The van der Waals surface area contributed by atoms with Crippen molar-refractivity contribution < 1.29 is 4.79 Å². The van der Waals surface area contributed by atoms with Gasteiger partial charge in [-0.1, -0.05) is 23.8 Å². The lowest BCUT2D eigenvalue weighted by Crippen LogP contribution is -2.14. The highest BCUT2D eigenvalue weighted by Crippen LogP contribution is 2.21. The minimum absolute atomic E-state index is 0.205. The number of aromatic nitrogens is 5. The summed E-state index contributed by atoms with van der Waals surface area (Å²) in [6, 6.07) is 15.2. The smallest absolute Gasteiger partial charge is 0.257 e. The van der Waals surface area contributed by atoms with Crippen LogP contribution in [0.15, 0.2) is 48.5 Å². The standard InChI is InChI=1S/C19H16N6O/c1-11-6-7-17-14(8-11)10-16(12(2)20-17)19(26)21-15-5-3-4-13(9-15)18-22-24-25-23-18/h3-10H,1-2H3,(H,21,26)(H,22,23,24,25). The van der Waals surface area contributed by atoms with Crippen LogP contribution in [0.1, 0.15) is 21.6 Å². The van der Waals surface area contributed by atoms with Gasteiger partial charge in [0, 0.05) is 16.6 Å². The van der Waals surface area contributed by atoms with Crippen LogP contribution in [-0.4, -0.2) is 31.5 Å². The molecule has 0 aliphatic rings. The number of hydrogen-bond donors (Lipinski definition) is 2. The second-order valence-corrected chi connectivity index (χ2v) is 6.09. The molecule has 0 radical (unpaired) electrons. The van der Waals surface area contributed by atoms with Crippen molar-refractivity contribution in [3.63, 3.8) is 0 Å². The Hall–Kier alpha value is -3.61. The number of benzene rings is 2. The predicted molar refractivity (Wildman–Crippen MR) is 98.8 cm³/mol. The number of carbonyl (C=O) groups excluding carboxylic acids is 1. The molecule has 7 nitrogen and oxygen atoms in total. The van der Waals surface area contributed by atoms with Gasteiger partial charge in [-0.3, -0.25) is 9.78 Å². The zero-order valence-corrected chi connectivity index (χ0v) is 14.3. The molecular weight excluding hydrogens is 328 g/mol. The fourth-order valence-electron chi connectivity index (χ4n) is 2.84. The molecule has 0 atom stereocenters. The molecule has 0 unspecified atom stereocenters. The lowest BCUT2D eigenvalue weighted by molar-refractivity contribution is 0.102. The summed E-state index contributed by atoms with van der Waals surface area (Å²) in [5.74, 6) is 0.267. The van der Waals surface area contributed by atoms with E-state index in [-0.39, 0.29) is 5.91 Å². The number of aromatic amines is 1. The van der Waals surface area contributed by atoms with Gasteiger partial charge in [0.25, 0.3) is 5.91 Å². The number of nitrogens with one attached hydrogen (secondary N) is 2. The molecule has 4 aromatic rings. The molecule has 0 bridgehead atoms. The Bertz CT molecular complexity index is 1100. The van der Waals surface area contributed by atoms with E-state index in [9.17, 15) is 4.79 Å². The summed E-state index contributed by atoms with van der Waals surface area (Å²) in [7, 11) is 0. The highest BCUT2D eigenvalue weighted by Gasteiger charge is 2.13. The second kappa shape index (κ2) is 6.36. The number of tetrazole rings is 1. The van der Waals surface area contributed by atoms with E-state index in [0.29, 0.717) is 22.8 Å². The Morgan fingerprint density at radius 3 is 2.77 bits per heavy atom. The molecule has 1 amide bonds. The van der Waals surface area contributed by atoms with E-state index in [0.717, 1.165) is 22.0 Å². The average molecular weight is 344 g/mol. The molecule has 0 spiro atoms. The number of carbonyl (C=O) groups is 1. The van der Waals surface area contributed by atoms with Crippen LogP contribution in [-0.2, 0) is 0 Å². The molecule has 0 saturated carbocycles. The summed E-state index contributed by atoms with van der Waals surface area (Å²) < 4.78 is 0. The molecule has 128 valence electrons. The maximum Gasteiger partial charge on any atom is 0.257 e. The number of H-pyrrole nitrogens is 1. The summed E-state index contributed by atoms with van der Waals surface area (Å²) in [5.41, 5.74) is 4.66. The van der Waals surface area contributed by atoms with E-state index in [1.807, 2.05) is 56.3 Å². The highest BCUT2D eigenvalue weighted by atomic mass is 16.1. The highest BCUT2D eigenvalue weighted by molar-refractivity contribution is 6.07. The van der Waals surface area contributed by atoms with Crippen LogP contribution in [0.5, 0.6) is 0 Å². The third-order valence-electron chi connectivity index (χ3n) is 4.13. The Morgan fingerprint density at radius 2 is 1.96 bits per heavy atom. The largest absolute Gasteiger partial charge is 0.322 e. The Labute approximate surface area is 149 Å². The first-order valence-corrected chi connectivity index (χ1v) is 8.13. The average Bonchev–Trinajstić information content (AvgIpc) is 3.16. The van der Waals surface area contributed by atoms with Crippen LogP contribution < -0.4 is 5.32 Å². The van der Waals surface area contributed by atoms with Gasteiger partial charge in [0.15, 0.2) is 0 Å². The van der Waals surface area contributed by atoms with Gasteiger partial charge in [-0.2, -0.15) is 5.21 Å². The normalized spacial score (nSPS) is 10.8. The molecule has 0 fully saturated rings. The maximum atomic E-state index is 12.8. The lowest BCUT2D eigenvalue weighted by Gasteiger charge is -2.10. The van der Waals surface area contributed by atoms with E-state index in [4.69, 9.17) is 0 Å².